The second-order valence-corrected chi connectivity index (χ2v) is 10.9. The molecule has 3 aliphatic rings. The van der Waals surface area contributed by atoms with Crippen LogP contribution in [-0.2, 0) is 6.54 Å². The summed E-state index contributed by atoms with van der Waals surface area (Å²) in [6.45, 7) is 11.4. The van der Waals surface area contributed by atoms with E-state index in [0.717, 1.165) is 29.9 Å². The first-order valence-electron chi connectivity index (χ1n) is 12.4. The summed E-state index contributed by atoms with van der Waals surface area (Å²) < 4.78 is 0. The number of thiophene rings is 1. The van der Waals surface area contributed by atoms with E-state index in [0.29, 0.717) is 0 Å². The average Bonchev–Trinajstić information content (AvgIpc) is 3.45. The summed E-state index contributed by atoms with van der Waals surface area (Å²) in [5.74, 6) is 0.997. The Bertz CT molecular complexity index is 663. The van der Waals surface area contributed by atoms with E-state index in [4.69, 9.17) is 0 Å². The lowest BCUT2D eigenvalue weighted by Crippen LogP contribution is -2.46. The van der Waals surface area contributed by atoms with E-state index >= 15 is 0 Å². The van der Waals surface area contributed by atoms with Crippen LogP contribution < -0.4 is 0 Å². The zero-order valence-electron chi connectivity index (χ0n) is 19.0. The molecule has 2 aliphatic heterocycles. The third-order valence-corrected chi connectivity index (χ3v) is 8.58. The van der Waals surface area contributed by atoms with Crippen LogP contribution >= 0.6 is 11.3 Å². The van der Waals surface area contributed by atoms with Crippen molar-refractivity contribution in [2.75, 3.05) is 45.8 Å². The minimum Gasteiger partial charge on any atom is -0.302 e. The number of likely N-dealkylation sites (tertiary alicyclic amines) is 2. The van der Waals surface area contributed by atoms with Crippen LogP contribution in [-0.4, -0.2) is 72.3 Å². The molecule has 1 aliphatic carbocycles. The Kier molecular flexibility index (Phi) is 8.39. The van der Waals surface area contributed by atoms with Gasteiger partial charge in [-0.25, -0.2) is 0 Å². The number of carbonyl (C=O) groups excluding carboxylic acids is 1. The van der Waals surface area contributed by atoms with Crippen LogP contribution in [0.15, 0.2) is 11.4 Å². The van der Waals surface area contributed by atoms with Crippen LogP contribution in [0.2, 0.25) is 0 Å². The predicted molar refractivity (Wildman–Crippen MR) is 126 cm³/mol. The molecular formula is C25H41N3OS. The molecule has 1 aromatic heterocycles. The molecule has 1 aromatic rings. The minimum atomic E-state index is 0.200. The molecule has 4 rings (SSSR count). The maximum Gasteiger partial charge on any atom is 0.169 e. The molecule has 5 heteroatoms. The van der Waals surface area contributed by atoms with Crippen molar-refractivity contribution in [2.24, 2.45) is 5.92 Å². The van der Waals surface area contributed by atoms with Crippen LogP contribution in [0.3, 0.4) is 0 Å². The summed E-state index contributed by atoms with van der Waals surface area (Å²) in [4.78, 5) is 20.8. The molecule has 168 valence electrons. The molecule has 0 aromatic carbocycles. The Morgan fingerprint density at radius 3 is 2.60 bits per heavy atom. The van der Waals surface area contributed by atoms with Crippen molar-refractivity contribution < 1.29 is 4.79 Å². The standard InChI is InChI=1S/C25H41N3OS/c1-21(29)25-16-23(20-30-25)18-27(15-14-26-11-5-2-6-12-26)17-22-8-7-13-28(19-22)24-9-3-4-10-24/h16,20,22,24H,2-15,17-19H2,1H3. The SMILES string of the molecule is CC(=O)c1cc(CN(CCN2CCCCC2)CC2CCCN(C3CCCC3)C2)cs1. The molecule has 3 fully saturated rings. The Morgan fingerprint density at radius 2 is 1.87 bits per heavy atom. The molecule has 2 saturated heterocycles. The van der Waals surface area contributed by atoms with Crippen molar-refractivity contribution >= 4 is 17.1 Å². The lowest BCUT2D eigenvalue weighted by molar-refractivity contribution is 0.0912. The summed E-state index contributed by atoms with van der Waals surface area (Å²) in [6, 6.07) is 3.00. The highest BCUT2D eigenvalue weighted by Crippen LogP contribution is 2.28. The number of rotatable bonds is 9. The van der Waals surface area contributed by atoms with Gasteiger partial charge in [0.1, 0.15) is 0 Å². The van der Waals surface area contributed by atoms with Gasteiger partial charge in [0.15, 0.2) is 5.78 Å². The van der Waals surface area contributed by atoms with E-state index in [2.05, 4.69) is 26.1 Å². The monoisotopic (exact) mass is 431 g/mol. The molecule has 1 atom stereocenters. The van der Waals surface area contributed by atoms with Crippen LogP contribution in [0, 0.1) is 5.92 Å². The lowest BCUT2D eigenvalue weighted by Gasteiger charge is -2.39. The molecule has 0 spiro atoms. The summed E-state index contributed by atoms with van der Waals surface area (Å²) in [7, 11) is 0. The van der Waals surface area contributed by atoms with E-state index < -0.39 is 0 Å². The van der Waals surface area contributed by atoms with Gasteiger partial charge < -0.3 is 9.80 Å². The first-order valence-corrected chi connectivity index (χ1v) is 13.3. The number of ketones is 1. The highest BCUT2D eigenvalue weighted by atomic mass is 32.1. The Hall–Kier alpha value is -0.750. The van der Waals surface area contributed by atoms with E-state index in [1.165, 1.54) is 103 Å². The molecule has 0 N–H and O–H groups in total. The fourth-order valence-electron chi connectivity index (χ4n) is 5.81. The molecule has 4 nitrogen and oxygen atoms in total. The van der Waals surface area contributed by atoms with Gasteiger partial charge in [-0.2, -0.15) is 0 Å². The average molecular weight is 432 g/mol. The van der Waals surface area contributed by atoms with Crippen LogP contribution in [0.4, 0.5) is 0 Å². The second kappa shape index (κ2) is 11.2. The van der Waals surface area contributed by atoms with Crippen molar-refractivity contribution in [3.05, 3.63) is 21.9 Å². The lowest BCUT2D eigenvalue weighted by atomic mass is 9.95. The maximum atomic E-state index is 11.7. The fraction of sp³-hybridized carbons (Fsp3) is 0.800. The number of hydrogen-bond donors (Lipinski definition) is 0. The van der Waals surface area contributed by atoms with Gasteiger partial charge >= 0.3 is 0 Å². The number of carbonyl (C=O) groups is 1. The molecule has 0 radical (unpaired) electrons. The summed E-state index contributed by atoms with van der Waals surface area (Å²) in [5, 5.41) is 2.20. The third kappa shape index (κ3) is 6.38. The quantitative estimate of drug-likeness (QED) is 0.520. The number of hydrogen-bond acceptors (Lipinski definition) is 5. The molecule has 1 saturated carbocycles. The van der Waals surface area contributed by atoms with Gasteiger partial charge in [0, 0.05) is 38.8 Å². The predicted octanol–water partition coefficient (Wildman–Crippen LogP) is 4.89. The van der Waals surface area contributed by atoms with E-state index in [9.17, 15) is 4.79 Å². The van der Waals surface area contributed by atoms with Gasteiger partial charge in [-0.3, -0.25) is 9.69 Å². The zero-order chi connectivity index (χ0) is 20.8. The molecule has 30 heavy (non-hydrogen) atoms. The van der Waals surface area contributed by atoms with Gasteiger partial charge in [-0.15, -0.1) is 11.3 Å². The van der Waals surface area contributed by atoms with Crippen LogP contribution in [0.1, 0.15) is 79.9 Å². The molecule has 0 bridgehead atoms. The Labute approximate surface area is 187 Å². The van der Waals surface area contributed by atoms with Crippen LogP contribution in [0.25, 0.3) is 0 Å². The molecular weight excluding hydrogens is 390 g/mol. The third-order valence-electron chi connectivity index (χ3n) is 7.50. The first-order chi connectivity index (χ1) is 14.7. The largest absolute Gasteiger partial charge is 0.302 e. The number of piperidine rings is 2. The fourth-order valence-corrected chi connectivity index (χ4v) is 6.62. The van der Waals surface area contributed by atoms with E-state index in [1.54, 1.807) is 18.3 Å². The van der Waals surface area contributed by atoms with Crippen molar-refractivity contribution in [1.29, 1.82) is 0 Å². The summed E-state index contributed by atoms with van der Waals surface area (Å²) in [6.07, 6.45) is 12.6. The summed E-state index contributed by atoms with van der Waals surface area (Å²) >= 11 is 1.61. The van der Waals surface area contributed by atoms with E-state index in [-0.39, 0.29) is 5.78 Å². The van der Waals surface area contributed by atoms with E-state index in [1.807, 2.05) is 0 Å². The van der Waals surface area contributed by atoms with Gasteiger partial charge in [-0.1, -0.05) is 19.3 Å². The minimum absolute atomic E-state index is 0.200. The second-order valence-electron chi connectivity index (χ2n) is 9.95. The Balaban J connectivity index is 1.35. The van der Waals surface area contributed by atoms with Gasteiger partial charge in [0.25, 0.3) is 0 Å². The van der Waals surface area contributed by atoms with Crippen molar-refractivity contribution in [3.63, 3.8) is 0 Å². The van der Waals surface area contributed by atoms with Crippen molar-refractivity contribution in [2.45, 2.75) is 77.3 Å². The van der Waals surface area contributed by atoms with Gasteiger partial charge in [0.2, 0.25) is 0 Å². The summed E-state index contributed by atoms with van der Waals surface area (Å²) in [5.41, 5.74) is 1.33. The van der Waals surface area contributed by atoms with Crippen molar-refractivity contribution in [1.82, 2.24) is 14.7 Å². The highest BCUT2D eigenvalue weighted by molar-refractivity contribution is 7.12. The Morgan fingerprint density at radius 1 is 1.07 bits per heavy atom. The normalized spacial score (nSPS) is 24.7. The molecule has 3 heterocycles. The smallest absolute Gasteiger partial charge is 0.169 e. The number of Topliss-reactive ketones (excluding diaryl/α,β-unsaturated/α-hetero) is 1. The van der Waals surface area contributed by atoms with Crippen LogP contribution in [0.5, 0.6) is 0 Å². The zero-order valence-corrected chi connectivity index (χ0v) is 19.8. The highest BCUT2D eigenvalue weighted by Gasteiger charge is 2.29. The van der Waals surface area contributed by atoms with Crippen molar-refractivity contribution in [3.8, 4) is 0 Å². The topological polar surface area (TPSA) is 26.8 Å². The molecule has 1 unspecified atom stereocenters. The van der Waals surface area contributed by atoms with Gasteiger partial charge in [0.05, 0.1) is 4.88 Å². The molecule has 0 amide bonds. The maximum absolute atomic E-state index is 11.7. The number of nitrogens with zero attached hydrogens (tertiary/aromatic N) is 3. The first kappa shape index (κ1) is 22.4. The van der Waals surface area contributed by atoms with Gasteiger partial charge in [-0.05, 0) is 88.0 Å².